The Hall–Kier alpha value is 0.910. The van der Waals surface area contributed by atoms with Crippen LogP contribution in [0.5, 0.6) is 0 Å². The summed E-state index contributed by atoms with van der Waals surface area (Å²) in [6.07, 6.45) is 0. The third kappa shape index (κ3) is 2.18. The van der Waals surface area contributed by atoms with Crippen LogP contribution in [0.2, 0.25) is 0 Å². The van der Waals surface area contributed by atoms with Crippen LogP contribution in [0.4, 0.5) is 0 Å². The van der Waals surface area contributed by atoms with Crippen molar-refractivity contribution in [2.75, 3.05) is 0 Å². The first-order valence-corrected chi connectivity index (χ1v) is 6.11. The predicted octanol–water partition coefficient (Wildman–Crippen LogP) is 4.41. The van der Waals surface area contributed by atoms with E-state index in [1.54, 1.807) is 11.3 Å². The molecule has 0 saturated heterocycles. The SMILES string of the molecule is CC(C)(C)c1csc(I)c1Br. The smallest absolute Gasteiger partial charge is 0.0798 e. The molecule has 3 heteroatoms. The zero-order valence-electron chi connectivity index (χ0n) is 6.74. The van der Waals surface area contributed by atoms with Crippen LogP contribution in [0.1, 0.15) is 26.3 Å². The maximum Gasteiger partial charge on any atom is 0.0798 e. The Morgan fingerprint density at radius 2 is 2.00 bits per heavy atom. The van der Waals surface area contributed by atoms with Crippen molar-refractivity contribution in [2.45, 2.75) is 26.2 Å². The Morgan fingerprint density at radius 1 is 1.45 bits per heavy atom. The lowest BCUT2D eigenvalue weighted by Gasteiger charge is -2.17. The number of rotatable bonds is 0. The molecule has 62 valence electrons. The van der Waals surface area contributed by atoms with E-state index in [-0.39, 0.29) is 5.41 Å². The molecule has 0 aromatic carbocycles. The highest BCUT2D eigenvalue weighted by Gasteiger charge is 2.19. The lowest BCUT2D eigenvalue weighted by Crippen LogP contribution is -2.10. The van der Waals surface area contributed by atoms with Gasteiger partial charge in [-0.3, -0.25) is 0 Å². The van der Waals surface area contributed by atoms with Crippen molar-refractivity contribution in [2.24, 2.45) is 0 Å². The Bertz CT molecular complexity index is 260. The van der Waals surface area contributed by atoms with Crippen molar-refractivity contribution in [3.8, 4) is 0 Å². The fourth-order valence-corrected chi connectivity index (χ4v) is 3.55. The summed E-state index contributed by atoms with van der Waals surface area (Å²) in [7, 11) is 0. The Balaban J connectivity index is 3.15. The van der Waals surface area contributed by atoms with Crippen molar-refractivity contribution in [3.05, 3.63) is 18.3 Å². The first-order chi connectivity index (χ1) is 4.93. The molecule has 0 bridgehead atoms. The molecule has 0 amide bonds. The van der Waals surface area contributed by atoms with Gasteiger partial charge in [0.25, 0.3) is 0 Å². The Labute approximate surface area is 93.7 Å². The van der Waals surface area contributed by atoms with Gasteiger partial charge in [-0.2, -0.15) is 0 Å². The molecule has 0 atom stereocenters. The fraction of sp³-hybridized carbons (Fsp3) is 0.500. The van der Waals surface area contributed by atoms with E-state index >= 15 is 0 Å². The Kier molecular flexibility index (Phi) is 3.03. The summed E-state index contributed by atoms with van der Waals surface area (Å²) >= 11 is 7.74. The van der Waals surface area contributed by atoms with Crippen molar-refractivity contribution in [1.29, 1.82) is 0 Å². The molecule has 0 nitrogen and oxygen atoms in total. The molecule has 1 aromatic heterocycles. The second kappa shape index (κ2) is 3.34. The first kappa shape index (κ1) is 9.99. The van der Waals surface area contributed by atoms with E-state index in [0.717, 1.165) is 0 Å². The quantitative estimate of drug-likeness (QED) is 0.611. The molecule has 1 heterocycles. The van der Waals surface area contributed by atoms with Gasteiger partial charge in [0.15, 0.2) is 0 Å². The first-order valence-electron chi connectivity index (χ1n) is 3.36. The van der Waals surface area contributed by atoms with Gasteiger partial charge >= 0.3 is 0 Å². The van der Waals surface area contributed by atoms with Crippen molar-refractivity contribution < 1.29 is 0 Å². The molecule has 0 aliphatic heterocycles. The van der Waals surface area contributed by atoms with Crippen LogP contribution in [0.3, 0.4) is 0 Å². The molecule has 0 aliphatic rings. The van der Waals surface area contributed by atoms with Gasteiger partial charge in [0.2, 0.25) is 0 Å². The fourth-order valence-electron chi connectivity index (χ4n) is 0.826. The van der Waals surface area contributed by atoms with E-state index in [1.807, 2.05) is 0 Å². The van der Waals surface area contributed by atoms with E-state index in [9.17, 15) is 0 Å². The molecule has 1 rings (SSSR count). The van der Waals surface area contributed by atoms with Crippen LogP contribution < -0.4 is 0 Å². The van der Waals surface area contributed by atoms with Crippen LogP contribution in [0.25, 0.3) is 0 Å². The summed E-state index contributed by atoms with van der Waals surface area (Å²) < 4.78 is 2.61. The maximum atomic E-state index is 3.59. The van der Waals surface area contributed by atoms with Gasteiger partial charge in [0, 0.05) is 4.47 Å². The molecular formula is C8H10BrIS. The second-order valence-corrected chi connectivity index (χ2v) is 6.97. The van der Waals surface area contributed by atoms with Gasteiger partial charge in [0.05, 0.1) is 2.88 Å². The highest BCUT2D eigenvalue weighted by Crippen LogP contribution is 2.36. The largest absolute Gasteiger partial charge is 0.136 e. The molecule has 1 aromatic rings. The van der Waals surface area contributed by atoms with E-state index in [4.69, 9.17) is 0 Å². The predicted molar refractivity (Wildman–Crippen MR) is 63.4 cm³/mol. The van der Waals surface area contributed by atoms with Crippen LogP contribution in [-0.4, -0.2) is 0 Å². The third-order valence-corrected chi connectivity index (χ3v) is 5.39. The summed E-state index contributed by atoms with van der Waals surface area (Å²) in [5, 5.41) is 2.23. The standard InChI is InChI=1S/C8H10BrIS/c1-8(2,3)5-4-11-7(10)6(5)9/h4H,1-3H3. The lowest BCUT2D eigenvalue weighted by atomic mass is 9.90. The molecule has 0 unspecified atom stereocenters. The van der Waals surface area contributed by atoms with E-state index < -0.39 is 0 Å². The molecule has 0 radical (unpaired) electrons. The molecule has 0 aliphatic carbocycles. The second-order valence-electron chi connectivity index (χ2n) is 3.49. The van der Waals surface area contributed by atoms with Crippen molar-refractivity contribution in [1.82, 2.24) is 0 Å². The van der Waals surface area contributed by atoms with Gasteiger partial charge in [-0.25, -0.2) is 0 Å². The monoisotopic (exact) mass is 344 g/mol. The maximum absolute atomic E-state index is 3.59. The van der Waals surface area contributed by atoms with Gasteiger partial charge in [0.1, 0.15) is 0 Å². The molecule has 11 heavy (non-hydrogen) atoms. The Morgan fingerprint density at radius 3 is 2.18 bits per heavy atom. The van der Waals surface area contributed by atoms with E-state index in [0.29, 0.717) is 0 Å². The minimum atomic E-state index is 0.263. The van der Waals surface area contributed by atoms with Crippen molar-refractivity contribution in [3.63, 3.8) is 0 Å². The highest BCUT2D eigenvalue weighted by atomic mass is 127. The number of halogens is 2. The number of thiophene rings is 1. The van der Waals surface area contributed by atoms with Gasteiger partial charge < -0.3 is 0 Å². The topological polar surface area (TPSA) is 0 Å². The molecule has 0 saturated carbocycles. The van der Waals surface area contributed by atoms with Gasteiger partial charge in [-0.1, -0.05) is 20.8 Å². The summed E-state index contributed by atoms with van der Waals surface area (Å²) in [5.74, 6) is 0. The highest BCUT2D eigenvalue weighted by molar-refractivity contribution is 14.1. The van der Waals surface area contributed by atoms with E-state index in [2.05, 4.69) is 64.7 Å². The molecule has 0 N–H and O–H groups in total. The average molecular weight is 345 g/mol. The van der Waals surface area contributed by atoms with E-state index in [1.165, 1.54) is 12.9 Å². The molecule has 0 spiro atoms. The zero-order valence-corrected chi connectivity index (χ0v) is 11.3. The van der Waals surface area contributed by atoms with Gasteiger partial charge in [-0.05, 0) is 54.9 Å². The normalized spacial score (nSPS) is 12.1. The lowest BCUT2D eigenvalue weighted by molar-refractivity contribution is 0.589. The summed E-state index contributed by atoms with van der Waals surface area (Å²) in [6.45, 7) is 6.70. The summed E-state index contributed by atoms with van der Waals surface area (Å²) in [5.41, 5.74) is 1.67. The minimum Gasteiger partial charge on any atom is -0.136 e. The minimum absolute atomic E-state index is 0.263. The average Bonchev–Trinajstić information content (AvgIpc) is 2.11. The van der Waals surface area contributed by atoms with Crippen LogP contribution in [-0.2, 0) is 5.41 Å². The number of hydrogen-bond donors (Lipinski definition) is 0. The van der Waals surface area contributed by atoms with Crippen LogP contribution in [0, 0.1) is 2.88 Å². The van der Waals surface area contributed by atoms with Crippen LogP contribution in [0.15, 0.2) is 9.85 Å². The molecular weight excluding hydrogens is 335 g/mol. The van der Waals surface area contributed by atoms with Crippen LogP contribution >= 0.6 is 49.9 Å². The van der Waals surface area contributed by atoms with Gasteiger partial charge in [-0.15, -0.1) is 11.3 Å². The third-order valence-electron chi connectivity index (χ3n) is 1.50. The number of hydrogen-bond acceptors (Lipinski definition) is 1. The van der Waals surface area contributed by atoms with Crippen molar-refractivity contribution >= 4 is 49.9 Å². The summed E-state index contributed by atoms with van der Waals surface area (Å²) in [6, 6.07) is 0. The summed E-state index contributed by atoms with van der Waals surface area (Å²) in [4.78, 5) is 0. The zero-order chi connectivity index (χ0) is 8.65. The molecule has 0 fully saturated rings.